The third-order valence-corrected chi connectivity index (χ3v) is 3.44. The molecular weight excluding hydrogens is 258 g/mol. The number of hydrogen-bond acceptors (Lipinski definition) is 3. The number of carboxylic acids is 1. The smallest absolute Gasteiger partial charge is 0.481 e. The van der Waals surface area contributed by atoms with Crippen LogP contribution in [0.3, 0.4) is 0 Å². The number of aliphatic carboxylic acids is 1. The molecule has 0 radical (unpaired) electrons. The Bertz CT molecular complexity index is 525. The quantitative estimate of drug-likeness (QED) is 0.913. The van der Waals surface area contributed by atoms with Crippen molar-refractivity contribution < 1.29 is 28.2 Å². The Balaban J connectivity index is 1.97. The van der Waals surface area contributed by atoms with Gasteiger partial charge >= 0.3 is 12.3 Å². The average molecular weight is 270 g/mol. The van der Waals surface area contributed by atoms with E-state index in [2.05, 4.69) is 9.47 Å². The standard InChI is InChI=1S/C13H12F2O4/c14-13(15)18-10-3-1-2-8(12(10)19-13)9(6-11(16)17)7-4-5-7/h1-3,7,9H,4-6H2,(H,16,17). The van der Waals surface area contributed by atoms with E-state index in [1.165, 1.54) is 6.07 Å². The van der Waals surface area contributed by atoms with Crippen LogP contribution >= 0.6 is 0 Å². The molecule has 1 aromatic carbocycles. The van der Waals surface area contributed by atoms with Gasteiger partial charge in [0, 0.05) is 11.5 Å². The molecule has 2 aliphatic rings. The number of alkyl halides is 2. The number of carbonyl (C=O) groups is 1. The largest absolute Gasteiger partial charge is 0.586 e. The minimum Gasteiger partial charge on any atom is -0.481 e. The lowest BCUT2D eigenvalue weighted by Crippen LogP contribution is -2.26. The van der Waals surface area contributed by atoms with E-state index in [-0.39, 0.29) is 29.8 Å². The lowest BCUT2D eigenvalue weighted by atomic mass is 9.90. The topological polar surface area (TPSA) is 55.8 Å². The van der Waals surface area contributed by atoms with E-state index in [4.69, 9.17) is 5.11 Å². The monoisotopic (exact) mass is 270 g/mol. The Labute approximate surface area is 107 Å². The number of ether oxygens (including phenoxy) is 2. The molecule has 3 rings (SSSR count). The zero-order chi connectivity index (χ0) is 13.6. The number of rotatable bonds is 4. The molecule has 1 fully saturated rings. The zero-order valence-electron chi connectivity index (χ0n) is 9.94. The van der Waals surface area contributed by atoms with Gasteiger partial charge in [-0.2, -0.15) is 0 Å². The SMILES string of the molecule is O=C(O)CC(c1cccc2c1OC(F)(F)O2)C1CC1. The van der Waals surface area contributed by atoms with Crippen LogP contribution in [0.25, 0.3) is 0 Å². The Morgan fingerprint density at radius 1 is 1.42 bits per heavy atom. The number of carboxylic acid groups (broad SMARTS) is 1. The van der Waals surface area contributed by atoms with Crippen molar-refractivity contribution in [2.24, 2.45) is 5.92 Å². The van der Waals surface area contributed by atoms with Crippen molar-refractivity contribution in [2.75, 3.05) is 0 Å². The van der Waals surface area contributed by atoms with Crippen molar-refractivity contribution in [1.82, 2.24) is 0 Å². The molecule has 1 aliphatic carbocycles. The third kappa shape index (κ3) is 2.34. The van der Waals surface area contributed by atoms with Crippen molar-refractivity contribution in [3.8, 4) is 11.5 Å². The maximum absolute atomic E-state index is 13.1. The summed E-state index contributed by atoms with van der Waals surface area (Å²) in [6.07, 6.45) is -1.93. The molecule has 4 nitrogen and oxygen atoms in total. The summed E-state index contributed by atoms with van der Waals surface area (Å²) in [6, 6.07) is 4.61. The molecule has 1 N–H and O–H groups in total. The number of hydrogen-bond donors (Lipinski definition) is 1. The molecule has 0 bridgehead atoms. The number of halogens is 2. The Hall–Kier alpha value is -1.85. The molecule has 1 aromatic rings. The van der Waals surface area contributed by atoms with Gasteiger partial charge in [0.15, 0.2) is 11.5 Å². The van der Waals surface area contributed by atoms with Crippen LogP contribution in [0, 0.1) is 5.92 Å². The summed E-state index contributed by atoms with van der Waals surface area (Å²) in [5.74, 6) is -1.07. The van der Waals surface area contributed by atoms with Gasteiger partial charge in [0.1, 0.15) is 0 Å². The molecular formula is C13H12F2O4. The van der Waals surface area contributed by atoms with Crippen LogP contribution in [-0.2, 0) is 4.79 Å². The fraction of sp³-hybridized carbons (Fsp3) is 0.462. The van der Waals surface area contributed by atoms with E-state index >= 15 is 0 Å². The fourth-order valence-corrected chi connectivity index (χ4v) is 2.50. The second-order valence-electron chi connectivity index (χ2n) is 4.88. The molecule has 1 aliphatic heterocycles. The van der Waals surface area contributed by atoms with Crippen molar-refractivity contribution in [1.29, 1.82) is 0 Å². The molecule has 1 heterocycles. The summed E-state index contributed by atoms with van der Waals surface area (Å²) in [5.41, 5.74) is 0.500. The van der Waals surface area contributed by atoms with Crippen LogP contribution in [0.4, 0.5) is 8.78 Å². The lowest BCUT2D eigenvalue weighted by molar-refractivity contribution is -0.287. The maximum Gasteiger partial charge on any atom is 0.586 e. The number of fused-ring (bicyclic) bond motifs is 1. The molecule has 0 saturated heterocycles. The molecule has 1 saturated carbocycles. The van der Waals surface area contributed by atoms with Crippen LogP contribution in [0.2, 0.25) is 0 Å². The van der Waals surface area contributed by atoms with Crippen LogP contribution in [0.5, 0.6) is 11.5 Å². The summed E-state index contributed by atoms with van der Waals surface area (Å²) in [7, 11) is 0. The van der Waals surface area contributed by atoms with Crippen LogP contribution in [0.15, 0.2) is 18.2 Å². The Morgan fingerprint density at radius 3 is 2.79 bits per heavy atom. The molecule has 0 spiro atoms. The van der Waals surface area contributed by atoms with E-state index < -0.39 is 12.3 Å². The highest BCUT2D eigenvalue weighted by Gasteiger charge is 2.46. The van der Waals surface area contributed by atoms with Crippen molar-refractivity contribution in [3.05, 3.63) is 23.8 Å². The van der Waals surface area contributed by atoms with Gasteiger partial charge < -0.3 is 14.6 Å². The van der Waals surface area contributed by atoms with Crippen LogP contribution < -0.4 is 9.47 Å². The minimum absolute atomic E-state index is 0.0225. The summed E-state index contributed by atoms with van der Waals surface area (Å²) in [4.78, 5) is 10.9. The fourth-order valence-electron chi connectivity index (χ4n) is 2.50. The van der Waals surface area contributed by atoms with E-state index in [1.54, 1.807) is 12.1 Å². The van der Waals surface area contributed by atoms with Crippen LogP contribution in [0.1, 0.15) is 30.7 Å². The molecule has 1 unspecified atom stereocenters. The van der Waals surface area contributed by atoms with Gasteiger partial charge in [0.2, 0.25) is 0 Å². The van der Waals surface area contributed by atoms with Crippen molar-refractivity contribution in [3.63, 3.8) is 0 Å². The molecule has 0 amide bonds. The zero-order valence-corrected chi connectivity index (χ0v) is 9.94. The summed E-state index contributed by atoms with van der Waals surface area (Å²) < 4.78 is 35.1. The van der Waals surface area contributed by atoms with Gasteiger partial charge in [-0.25, -0.2) is 0 Å². The molecule has 102 valence electrons. The first-order chi connectivity index (χ1) is 8.96. The van der Waals surface area contributed by atoms with E-state index in [9.17, 15) is 13.6 Å². The summed E-state index contributed by atoms with van der Waals surface area (Å²) >= 11 is 0. The minimum atomic E-state index is -3.67. The second-order valence-corrected chi connectivity index (χ2v) is 4.88. The Kier molecular flexibility index (Phi) is 2.62. The lowest BCUT2D eigenvalue weighted by Gasteiger charge is -2.16. The van der Waals surface area contributed by atoms with Gasteiger partial charge in [0.25, 0.3) is 0 Å². The van der Waals surface area contributed by atoms with Gasteiger partial charge in [0.05, 0.1) is 6.42 Å². The number of para-hydroxylation sites is 1. The third-order valence-electron chi connectivity index (χ3n) is 3.44. The normalized spacial score (nSPS) is 21.2. The first-order valence-corrected chi connectivity index (χ1v) is 6.07. The molecule has 0 aromatic heterocycles. The van der Waals surface area contributed by atoms with Gasteiger partial charge in [-0.15, -0.1) is 8.78 Å². The van der Waals surface area contributed by atoms with E-state index in [0.29, 0.717) is 5.56 Å². The van der Waals surface area contributed by atoms with Crippen LogP contribution in [-0.4, -0.2) is 17.4 Å². The van der Waals surface area contributed by atoms with E-state index in [1.807, 2.05) is 0 Å². The van der Waals surface area contributed by atoms with Crippen molar-refractivity contribution >= 4 is 5.97 Å². The average Bonchev–Trinajstić information content (AvgIpc) is 3.07. The van der Waals surface area contributed by atoms with Gasteiger partial charge in [-0.3, -0.25) is 4.79 Å². The second kappa shape index (κ2) is 4.08. The highest BCUT2D eigenvalue weighted by atomic mass is 19.3. The first kappa shape index (κ1) is 12.2. The molecule has 1 atom stereocenters. The van der Waals surface area contributed by atoms with Crippen molar-refractivity contribution in [2.45, 2.75) is 31.5 Å². The predicted molar refractivity (Wildman–Crippen MR) is 60.4 cm³/mol. The molecule has 6 heteroatoms. The highest BCUT2D eigenvalue weighted by Crippen LogP contribution is 2.52. The summed E-state index contributed by atoms with van der Waals surface area (Å²) in [5, 5.41) is 8.95. The Morgan fingerprint density at radius 2 is 2.16 bits per heavy atom. The predicted octanol–water partition coefficient (Wildman–Crippen LogP) is 2.98. The maximum atomic E-state index is 13.1. The van der Waals surface area contributed by atoms with Gasteiger partial charge in [-0.1, -0.05) is 12.1 Å². The number of benzene rings is 1. The first-order valence-electron chi connectivity index (χ1n) is 6.07. The summed E-state index contributed by atoms with van der Waals surface area (Å²) in [6.45, 7) is 0. The van der Waals surface area contributed by atoms with Gasteiger partial charge in [-0.05, 0) is 24.8 Å². The molecule has 19 heavy (non-hydrogen) atoms. The highest BCUT2D eigenvalue weighted by molar-refractivity contribution is 5.69. The van der Waals surface area contributed by atoms with E-state index in [0.717, 1.165) is 12.8 Å².